The van der Waals surface area contributed by atoms with Crippen molar-refractivity contribution in [2.45, 2.75) is 72.8 Å². The molecule has 1 aromatic rings. The molecular weight excluding hydrogens is 320 g/mol. The molecule has 0 unspecified atom stereocenters. The van der Waals surface area contributed by atoms with Gasteiger partial charge in [0.15, 0.2) is 0 Å². The molecular formula is C23H42N2O. The number of nitrogens with zero attached hydrogens (tertiary/aromatic N) is 2. The van der Waals surface area contributed by atoms with Gasteiger partial charge >= 0.3 is 0 Å². The maximum Gasteiger partial charge on any atom is 0.119 e. The van der Waals surface area contributed by atoms with Crippen LogP contribution in [0.4, 0.5) is 0 Å². The fourth-order valence-corrected chi connectivity index (χ4v) is 3.27. The maximum absolute atomic E-state index is 5.89. The van der Waals surface area contributed by atoms with E-state index < -0.39 is 0 Å². The third-order valence-corrected chi connectivity index (χ3v) is 5.26. The van der Waals surface area contributed by atoms with Gasteiger partial charge in [-0.05, 0) is 63.3 Å². The molecule has 0 N–H and O–H groups in total. The zero-order valence-corrected chi connectivity index (χ0v) is 17.8. The lowest BCUT2D eigenvalue weighted by molar-refractivity contribution is 0.291. The summed E-state index contributed by atoms with van der Waals surface area (Å²) in [5, 5.41) is 0. The Labute approximate surface area is 162 Å². The predicted octanol–water partition coefficient (Wildman–Crippen LogP) is 5.59. The highest BCUT2D eigenvalue weighted by atomic mass is 16.5. The van der Waals surface area contributed by atoms with E-state index in [4.69, 9.17) is 4.74 Å². The molecule has 0 amide bonds. The van der Waals surface area contributed by atoms with Crippen molar-refractivity contribution in [1.29, 1.82) is 0 Å². The molecule has 150 valence electrons. The first-order valence-corrected chi connectivity index (χ1v) is 10.9. The van der Waals surface area contributed by atoms with Crippen LogP contribution in [0, 0.1) is 0 Å². The summed E-state index contributed by atoms with van der Waals surface area (Å²) in [6, 6.07) is 8.63. The number of ether oxygens (including phenoxy) is 1. The minimum atomic E-state index is 0.842. The molecule has 0 saturated carbocycles. The fraction of sp³-hybridized carbons (Fsp3) is 0.739. The van der Waals surface area contributed by atoms with E-state index in [2.05, 4.69) is 61.8 Å². The van der Waals surface area contributed by atoms with Crippen LogP contribution < -0.4 is 4.74 Å². The first-order chi connectivity index (χ1) is 12.7. The monoisotopic (exact) mass is 362 g/mol. The minimum absolute atomic E-state index is 0.842. The van der Waals surface area contributed by atoms with Crippen LogP contribution in [0.2, 0.25) is 0 Å². The van der Waals surface area contributed by atoms with Crippen molar-refractivity contribution >= 4 is 0 Å². The molecule has 0 radical (unpaired) electrons. The maximum atomic E-state index is 5.89. The lowest BCUT2D eigenvalue weighted by Crippen LogP contribution is -2.23. The summed E-state index contributed by atoms with van der Waals surface area (Å²) in [4.78, 5) is 4.94. The van der Waals surface area contributed by atoms with Crippen LogP contribution in [0.3, 0.4) is 0 Å². The molecule has 1 aromatic carbocycles. The summed E-state index contributed by atoms with van der Waals surface area (Å²) in [5.41, 5.74) is 1.37. The summed E-state index contributed by atoms with van der Waals surface area (Å²) in [5.74, 6) is 1.01. The van der Waals surface area contributed by atoms with Gasteiger partial charge in [-0.2, -0.15) is 0 Å². The van der Waals surface area contributed by atoms with Crippen molar-refractivity contribution in [1.82, 2.24) is 9.80 Å². The van der Waals surface area contributed by atoms with Crippen LogP contribution in [-0.2, 0) is 6.54 Å². The quantitative estimate of drug-likeness (QED) is 0.357. The number of unbranched alkanes of at least 4 members (excludes halogenated alkanes) is 5. The molecule has 0 aromatic heterocycles. The highest BCUT2D eigenvalue weighted by molar-refractivity contribution is 5.27. The van der Waals surface area contributed by atoms with E-state index >= 15 is 0 Å². The number of hydrogen-bond donors (Lipinski definition) is 0. The summed E-state index contributed by atoms with van der Waals surface area (Å²) in [6.45, 7) is 16.6. The van der Waals surface area contributed by atoms with Crippen LogP contribution in [-0.4, -0.2) is 49.1 Å². The van der Waals surface area contributed by atoms with E-state index in [0.717, 1.165) is 38.4 Å². The molecule has 1 rings (SSSR count). The van der Waals surface area contributed by atoms with Gasteiger partial charge in [0.1, 0.15) is 5.75 Å². The first kappa shape index (κ1) is 23.0. The molecule has 26 heavy (non-hydrogen) atoms. The normalized spacial score (nSPS) is 11.5. The van der Waals surface area contributed by atoms with Gasteiger partial charge in [0.2, 0.25) is 0 Å². The summed E-state index contributed by atoms with van der Waals surface area (Å²) in [7, 11) is 0. The third-order valence-electron chi connectivity index (χ3n) is 5.26. The largest absolute Gasteiger partial charge is 0.494 e. The lowest BCUT2D eigenvalue weighted by Gasteiger charge is -2.18. The van der Waals surface area contributed by atoms with Crippen LogP contribution >= 0.6 is 0 Å². The van der Waals surface area contributed by atoms with Gasteiger partial charge in [0, 0.05) is 6.54 Å². The molecule has 0 atom stereocenters. The average Bonchev–Trinajstić information content (AvgIpc) is 2.68. The minimum Gasteiger partial charge on any atom is -0.494 e. The molecule has 0 aliphatic heterocycles. The van der Waals surface area contributed by atoms with Gasteiger partial charge in [0.05, 0.1) is 6.61 Å². The van der Waals surface area contributed by atoms with Crippen molar-refractivity contribution in [2.24, 2.45) is 0 Å². The molecule has 0 aliphatic rings. The highest BCUT2D eigenvalue weighted by Gasteiger charge is 2.02. The topological polar surface area (TPSA) is 15.7 Å². The Bertz CT molecular complexity index is 424. The van der Waals surface area contributed by atoms with Crippen molar-refractivity contribution in [3.8, 4) is 5.75 Å². The van der Waals surface area contributed by atoms with Crippen LogP contribution in [0.25, 0.3) is 0 Å². The summed E-state index contributed by atoms with van der Waals surface area (Å²) in [6.07, 6.45) is 7.86. The number of hydrogen-bond acceptors (Lipinski definition) is 3. The van der Waals surface area contributed by atoms with E-state index in [1.165, 1.54) is 57.3 Å². The molecule has 0 aliphatic carbocycles. The molecule has 0 fully saturated rings. The lowest BCUT2D eigenvalue weighted by atomic mass is 10.1. The average molecular weight is 363 g/mol. The Hall–Kier alpha value is -1.06. The van der Waals surface area contributed by atoms with Crippen molar-refractivity contribution < 1.29 is 4.74 Å². The Morgan fingerprint density at radius 3 is 1.77 bits per heavy atom. The van der Waals surface area contributed by atoms with Gasteiger partial charge in [-0.1, -0.05) is 65.5 Å². The zero-order valence-electron chi connectivity index (χ0n) is 17.8. The van der Waals surface area contributed by atoms with E-state index in [1.807, 2.05) is 0 Å². The predicted molar refractivity (Wildman–Crippen MR) is 114 cm³/mol. The van der Waals surface area contributed by atoms with Gasteiger partial charge in [-0.25, -0.2) is 0 Å². The molecule has 0 heterocycles. The Kier molecular flexibility index (Phi) is 13.3. The molecule has 3 heteroatoms. The molecule has 0 saturated heterocycles. The van der Waals surface area contributed by atoms with Crippen LogP contribution in [0.5, 0.6) is 5.75 Å². The van der Waals surface area contributed by atoms with Crippen molar-refractivity contribution in [3.05, 3.63) is 29.8 Å². The van der Waals surface area contributed by atoms with Crippen molar-refractivity contribution in [3.63, 3.8) is 0 Å². The smallest absolute Gasteiger partial charge is 0.119 e. The first-order valence-electron chi connectivity index (χ1n) is 10.9. The van der Waals surface area contributed by atoms with E-state index in [1.54, 1.807) is 0 Å². The van der Waals surface area contributed by atoms with Gasteiger partial charge in [-0.15, -0.1) is 0 Å². The van der Waals surface area contributed by atoms with Gasteiger partial charge < -0.3 is 9.64 Å². The van der Waals surface area contributed by atoms with E-state index in [9.17, 15) is 0 Å². The molecule has 0 bridgehead atoms. The standard InChI is InChI=1S/C23H42N2O/c1-5-24(6-2)19-13-11-9-10-12-14-20-26-23-17-15-22(16-18-23)21-25(7-3)8-4/h15-18H,5-14,19-21H2,1-4H3. The third kappa shape index (κ3) is 10.2. The number of benzene rings is 1. The van der Waals surface area contributed by atoms with Crippen molar-refractivity contribution in [2.75, 3.05) is 39.3 Å². The fourth-order valence-electron chi connectivity index (χ4n) is 3.27. The Morgan fingerprint density at radius 1 is 0.654 bits per heavy atom. The van der Waals surface area contributed by atoms with Crippen LogP contribution in [0.15, 0.2) is 24.3 Å². The Morgan fingerprint density at radius 2 is 1.19 bits per heavy atom. The van der Waals surface area contributed by atoms with E-state index in [0.29, 0.717) is 0 Å². The SMILES string of the molecule is CCN(CC)CCCCCCCCOc1ccc(CN(CC)CC)cc1. The molecule has 0 spiro atoms. The van der Waals surface area contributed by atoms with Gasteiger partial charge in [-0.3, -0.25) is 4.90 Å². The highest BCUT2D eigenvalue weighted by Crippen LogP contribution is 2.15. The second kappa shape index (κ2) is 15.0. The van der Waals surface area contributed by atoms with E-state index in [-0.39, 0.29) is 0 Å². The number of rotatable bonds is 16. The second-order valence-electron chi connectivity index (χ2n) is 7.10. The zero-order chi connectivity index (χ0) is 19.0. The molecule has 3 nitrogen and oxygen atoms in total. The summed E-state index contributed by atoms with van der Waals surface area (Å²) < 4.78 is 5.89. The van der Waals surface area contributed by atoms with Gasteiger partial charge in [0.25, 0.3) is 0 Å². The Balaban J connectivity index is 2.04. The van der Waals surface area contributed by atoms with Crippen LogP contribution in [0.1, 0.15) is 71.8 Å². The second-order valence-corrected chi connectivity index (χ2v) is 7.10. The summed E-state index contributed by atoms with van der Waals surface area (Å²) >= 11 is 0.